The number of rotatable bonds is 5. The lowest BCUT2D eigenvalue weighted by molar-refractivity contribution is -0.118. The van der Waals surface area contributed by atoms with Gasteiger partial charge in [0.1, 0.15) is 17.5 Å². The number of hydrogen-bond acceptors (Lipinski definition) is 6. The number of carboxylic acid groups (broad SMARTS) is 1. The summed E-state index contributed by atoms with van der Waals surface area (Å²) in [5.41, 5.74) is 4.16. The summed E-state index contributed by atoms with van der Waals surface area (Å²) >= 11 is 0. The number of nitrogens with one attached hydrogen (secondary N) is 3. The largest absolute Gasteiger partial charge is 0.465 e. The Kier molecular flexibility index (Phi) is 5.17. The molecule has 0 aliphatic carbocycles. The van der Waals surface area contributed by atoms with E-state index in [-0.39, 0.29) is 17.9 Å². The molecule has 0 radical (unpaired) electrons. The zero-order valence-electron chi connectivity index (χ0n) is 13.1. The van der Waals surface area contributed by atoms with Crippen LogP contribution in [0.25, 0.3) is 0 Å². The topological polar surface area (TPSA) is 172 Å². The molecule has 0 fully saturated rings. The lowest BCUT2D eigenvalue weighted by Crippen LogP contribution is -2.46. The van der Waals surface area contributed by atoms with Gasteiger partial charge in [0.25, 0.3) is 5.56 Å². The Labute approximate surface area is 140 Å². The number of anilines is 2. The average molecular weight is 348 g/mol. The smallest absolute Gasteiger partial charge is 0.405 e. The van der Waals surface area contributed by atoms with Crippen molar-refractivity contribution >= 4 is 23.5 Å². The molecule has 1 unspecified atom stereocenters. The highest BCUT2D eigenvalue weighted by Gasteiger charge is 2.24. The predicted molar refractivity (Wildman–Crippen MR) is 88.2 cm³/mol. The maximum atomic E-state index is 12.4. The number of carbonyl (C=O) groups is 2. The Morgan fingerprint density at radius 1 is 1.40 bits per heavy atom. The Bertz CT molecular complexity index is 904. The molecular weight excluding hydrogens is 332 g/mol. The van der Waals surface area contributed by atoms with E-state index < -0.39 is 29.3 Å². The Balaban J connectivity index is 2.29. The van der Waals surface area contributed by atoms with Crippen LogP contribution in [0.4, 0.5) is 16.3 Å². The van der Waals surface area contributed by atoms with Gasteiger partial charge in [0.2, 0.25) is 5.91 Å². The van der Waals surface area contributed by atoms with Crippen molar-refractivity contribution in [3.8, 4) is 0 Å². The van der Waals surface area contributed by atoms with Crippen molar-refractivity contribution in [2.75, 3.05) is 11.1 Å². The number of aromatic amines is 1. The van der Waals surface area contributed by atoms with E-state index in [4.69, 9.17) is 10.8 Å². The van der Waals surface area contributed by atoms with Gasteiger partial charge in [-0.2, -0.15) is 0 Å². The van der Waals surface area contributed by atoms with E-state index in [1.54, 1.807) is 18.2 Å². The third-order valence-corrected chi connectivity index (χ3v) is 3.37. The van der Waals surface area contributed by atoms with E-state index in [1.165, 1.54) is 13.2 Å². The highest BCUT2D eigenvalue weighted by molar-refractivity contribution is 5.98. The molecular formula is C14H16N6O5. The molecule has 0 aromatic carbocycles. The van der Waals surface area contributed by atoms with E-state index >= 15 is 0 Å². The van der Waals surface area contributed by atoms with Gasteiger partial charge >= 0.3 is 11.8 Å². The van der Waals surface area contributed by atoms with Crippen LogP contribution in [0.3, 0.4) is 0 Å². The summed E-state index contributed by atoms with van der Waals surface area (Å²) in [6.07, 6.45) is 0.0435. The third kappa shape index (κ3) is 4.22. The van der Waals surface area contributed by atoms with E-state index in [2.05, 4.69) is 15.6 Å². The van der Waals surface area contributed by atoms with E-state index in [0.29, 0.717) is 5.69 Å². The van der Waals surface area contributed by atoms with Crippen LogP contribution in [0.5, 0.6) is 0 Å². The summed E-state index contributed by atoms with van der Waals surface area (Å²) in [6, 6.07) is 3.77. The number of H-pyrrole nitrogens is 1. The second-order valence-corrected chi connectivity index (χ2v) is 5.10. The molecule has 2 rings (SSSR count). The fourth-order valence-electron chi connectivity index (χ4n) is 2.05. The maximum Gasteiger partial charge on any atom is 0.405 e. The standard InChI is InChI=1S/C14H16N6O5/c1-20-10(15)9(12(22)19-13(20)23)18-11(21)8(17-14(24)25)6-7-4-2-3-5-16-7/h2-5,8,17H,6,15H2,1H3,(H,18,21)(H,24,25)(H,19,22,23). The number of hydrogen-bond donors (Lipinski definition) is 5. The lowest BCUT2D eigenvalue weighted by Gasteiger charge is -2.17. The van der Waals surface area contributed by atoms with Gasteiger partial charge in [-0.25, -0.2) is 9.59 Å². The Morgan fingerprint density at radius 2 is 2.12 bits per heavy atom. The fourth-order valence-corrected chi connectivity index (χ4v) is 2.05. The monoisotopic (exact) mass is 348 g/mol. The van der Waals surface area contributed by atoms with Crippen LogP contribution in [0.1, 0.15) is 5.69 Å². The van der Waals surface area contributed by atoms with Crippen LogP contribution in [0, 0.1) is 0 Å². The van der Waals surface area contributed by atoms with Gasteiger partial charge in [-0.05, 0) is 12.1 Å². The van der Waals surface area contributed by atoms with Gasteiger partial charge < -0.3 is 21.5 Å². The van der Waals surface area contributed by atoms with Crippen molar-refractivity contribution in [2.24, 2.45) is 7.05 Å². The second kappa shape index (κ2) is 7.29. The fraction of sp³-hybridized carbons (Fsp3) is 0.214. The van der Waals surface area contributed by atoms with Crippen molar-refractivity contribution in [1.82, 2.24) is 19.9 Å². The van der Waals surface area contributed by atoms with Gasteiger partial charge in [0.15, 0.2) is 0 Å². The van der Waals surface area contributed by atoms with Crippen molar-refractivity contribution in [2.45, 2.75) is 12.5 Å². The molecule has 25 heavy (non-hydrogen) atoms. The van der Waals surface area contributed by atoms with Crippen molar-refractivity contribution in [1.29, 1.82) is 0 Å². The first-order valence-corrected chi connectivity index (χ1v) is 7.08. The SMILES string of the molecule is Cn1c(N)c(NC(=O)C(Cc2ccccn2)NC(=O)O)c(=O)[nH]c1=O. The van der Waals surface area contributed by atoms with Crippen molar-refractivity contribution < 1.29 is 14.7 Å². The molecule has 1 atom stereocenters. The van der Waals surface area contributed by atoms with Gasteiger partial charge in [0.05, 0.1) is 0 Å². The molecule has 11 nitrogen and oxygen atoms in total. The zero-order valence-corrected chi connectivity index (χ0v) is 13.1. The molecule has 0 spiro atoms. The van der Waals surface area contributed by atoms with E-state index in [1.807, 2.05) is 4.98 Å². The molecule has 0 aliphatic heterocycles. The summed E-state index contributed by atoms with van der Waals surface area (Å²) in [6.45, 7) is 0. The molecule has 0 saturated heterocycles. The minimum Gasteiger partial charge on any atom is -0.465 e. The molecule has 0 bridgehead atoms. The Hall–Kier alpha value is -3.63. The summed E-state index contributed by atoms with van der Waals surface area (Å²) in [5.74, 6) is -1.07. The normalized spacial score (nSPS) is 11.6. The van der Waals surface area contributed by atoms with Gasteiger partial charge in [-0.15, -0.1) is 0 Å². The van der Waals surface area contributed by atoms with Gasteiger partial charge in [-0.3, -0.25) is 24.1 Å². The van der Waals surface area contributed by atoms with Crippen LogP contribution in [-0.4, -0.2) is 37.7 Å². The third-order valence-electron chi connectivity index (χ3n) is 3.37. The van der Waals surface area contributed by atoms with Gasteiger partial charge in [-0.1, -0.05) is 6.07 Å². The number of nitrogen functional groups attached to an aromatic ring is 1. The predicted octanol–water partition coefficient (Wildman–Crippen LogP) is -1.13. The van der Waals surface area contributed by atoms with Crippen LogP contribution in [0.2, 0.25) is 0 Å². The minimum atomic E-state index is -1.42. The summed E-state index contributed by atoms with van der Waals surface area (Å²) < 4.78 is 0.940. The molecule has 2 amide bonds. The molecule has 132 valence electrons. The van der Waals surface area contributed by atoms with Crippen LogP contribution in [0.15, 0.2) is 34.0 Å². The Morgan fingerprint density at radius 3 is 2.72 bits per heavy atom. The molecule has 2 aromatic heterocycles. The number of aromatic nitrogens is 3. The summed E-state index contributed by atoms with van der Waals surface area (Å²) in [7, 11) is 1.31. The number of amides is 2. The highest BCUT2D eigenvalue weighted by atomic mass is 16.4. The van der Waals surface area contributed by atoms with Crippen LogP contribution >= 0.6 is 0 Å². The molecule has 6 N–H and O–H groups in total. The number of carbonyl (C=O) groups excluding carboxylic acids is 1. The van der Waals surface area contributed by atoms with Gasteiger partial charge in [0, 0.05) is 25.4 Å². The summed E-state index contributed by atoms with van der Waals surface area (Å²) in [4.78, 5) is 52.6. The number of nitrogens with zero attached hydrogens (tertiary/aromatic N) is 2. The zero-order chi connectivity index (χ0) is 18.6. The quantitative estimate of drug-likeness (QED) is 0.454. The molecule has 11 heteroatoms. The van der Waals surface area contributed by atoms with Crippen LogP contribution in [-0.2, 0) is 18.3 Å². The van der Waals surface area contributed by atoms with E-state index in [0.717, 1.165) is 4.57 Å². The number of pyridine rings is 1. The first-order valence-electron chi connectivity index (χ1n) is 7.08. The highest BCUT2D eigenvalue weighted by Crippen LogP contribution is 2.10. The van der Waals surface area contributed by atoms with E-state index in [9.17, 15) is 19.2 Å². The maximum absolute atomic E-state index is 12.4. The lowest BCUT2D eigenvalue weighted by atomic mass is 10.1. The van der Waals surface area contributed by atoms with Crippen molar-refractivity contribution in [3.05, 3.63) is 50.9 Å². The number of nitrogens with two attached hydrogens (primary N) is 1. The minimum absolute atomic E-state index is 0.0391. The first kappa shape index (κ1) is 17.7. The average Bonchev–Trinajstić information content (AvgIpc) is 2.56. The summed E-state index contributed by atoms with van der Waals surface area (Å²) in [5, 5.41) is 13.2. The molecule has 2 aromatic rings. The molecule has 0 saturated carbocycles. The second-order valence-electron chi connectivity index (χ2n) is 5.10. The molecule has 0 aliphatic rings. The van der Waals surface area contributed by atoms with Crippen molar-refractivity contribution in [3.63, 3.8) is 0 Å². The molecule has 2 heterocycles. The first-order chi connectivity index (χ1) is 11.8. The van der Waals surface area contributed by atoms with Crippen LogP contribution < -0.4 is 27.6 Å².